The smallest absolute Gasteiger partial charge is 0.178 e. The monoisotopic (exact) mass is 388 g/mol. The molecule has 0 aliphatic carbocycles. The summed E-state index contributed by atoms with van der Waals surface area (Å²) in [5.74, 6) is 0.704. The molecule has 126 valence electrons. The predicted octanol–water partition coefficient (Wildman–Crippen LogP) is 4.05. The second-order valence-electron chi connectivity index (χ2n) is 6.59. The van der Waals surface area contributed by atoms with E-state index in [0.717, 1.165) is 17.9 Å². The van der Waals surface area contributed by atoms with Gasteiger partial charge in [-0.25, -0.2) is 4.98 Å². The Hall–Kier alpha value is -1.72. The quantitative estimate of drug-likeness (QED) is 0.619. The van der Waals surface area contributed by atoms with Gasteiger partial charge in [-0.05, 0) is 34.5 Å². The second-order valence-corrected chi connectivity index (χ2v) is 7.34. The predicted molar refractivity (Wildman–Crippen MR) is 97.6 cm³/mol. The van der Waals surface area contributed by atoms with Crippen molar-refractivity contribution in [2.75, 3.05) is 13.2 Å². The molecule has 2 heterocycles. The van der Waals surface area contributed by atoms with Crippen molar-refractivity contribution in [1.29, 1.82) is 0 Å². The molecule has 3 rings (SSSR count). The van der Waals surface area contributed by atoms with Gasteiger partial charge in [0.05, 0.1) is 6.61 Å². The molecule has 1 aromatic carbocycles. The molecule has 0 unspecified atom stereocenters. The minimum atomic E-state index is -0.200. The van der Waals surface area contributed by atoms with E-state index in [2.05, 4.69) is 52.2 Å². The van der Waals surface area contributed by atoms with Crippen LogP contribution in [0.5, 0.6) is 5.75 Å². The number of hydrogen-bond donors (Lipinski definition) is 1. The van der Waals surface area contributed by atoms with Crippen LogP contribution in [0.3, 0.4) is 0 Å². The van der Waals surface area contributed by atoms with E-state index < -0.39 is 0 Å². The molecule has 0 saturated carbocycles. The number of carbonyl (C=O) groups is 1. The summed E-state index contributed by atoms with van der Waals surface area (Å²) in [7, 11) is 0. The summed E-state index contributed by atoms with van der Waals surface area (Å²) in [5.41, 5.74) is 2.55. The highest BCUT2D eigenvalue weighted by atomic mass is 79.9. The van der Waals surface area contributed by atoms with Crippen molar-refractivity contribution in [3.63, 3.8) is 0 Å². The molecule has 0 radical (unpaired) electrons. The van der Waals surface area contributed by atoms with Crippen molar-refractivity contribution in [1.82, 2.24) is 10.3 Å². The third-order valence-electron chi connectivity index (χ3n) is 4.58. The number of halogens is 1. The highest BCUT2D eigenvalue weighted by Gasteiger charge is 2.38. The molecule has 0 saturated heterocycles. The first kappa shape index (κ1) is 17.1. The number of Topliss-reactive ketones (excluding diaryl/α,β-unsaturated/α-hetero) is 1. The van der Waals surface area contributed by atoms with Gasteiger partial charge in [0.25, 0.3) is 0 Å². The molecule has 24 heavy (non-hydrogen) atoms. The van der Waals surface area contributed by atoms with E-state index in [1.54, 1.807) is 0 Å². The van der Waals surface area contributed by atoms with Crippen LogP contribution < -0.4 is 10.1 Å². The van der Waals surface area contributed by atoms with Crippen LogP contribution in [0.15, 0.2) is 41.0 Å². The molecule has 0 fully saturated rings. The number of fused-ring (bicyclic) bond motifs is 1. The van der Waals surface area contributed by atoms with Crippen LogP contribution in [-0.4, -0.2) is 23.9 Å². The molecule has 0 amide bonds. The summed E-state index contributed by atoms with van der Waals surface area (Å²) < 4.78 is 6.46. The van der Waals surface area contributed by atoms with E-state index in [-0.39, 0.29) is 17.2 Å². The number of nitrogens with zero attached hydrogens (tertiary/aromatic N) is 1. The normalized spacial score (nSPS) is 20.3. The van der Waals surface area contributed by atoms with Crippen LogP contribution in [0.2, 0.25) is 0 Å². The summed E-state index contributed by atoms with van der Waals surface area (Å²) in [6.45, 7) is 7.16. The van der Waals surface area contributed by atoms with Crippen molar-refractivity contribution in [3.05, 3.63) is 57.8 Å². The number of hydrogen-bond acceptors (Lipinski definition) is 4. The van der Waals surface area contributed by atoms with Crippen molar-refractivity contribution in [2.45, 2.75) is 32.2 Å². The molecule has 5 heteroatoms. The zero-order valence-electron chi connectivity index (χ0n) is 14.1. The topological polar surface area (TPSA) is 51.2 Å². The molecule has 1 aromatic heterocycles. The Balaban J connectivity index is 1.82. The molecular weight excluding hydrogens is 368 g/mol. The Kier molecular flexibility index (Phi) is 4.74. The van der Waals surface area contributed by atoms with Gasteiger partial charge >= 0.3 is 0 Å². The maximum Gasteiger partial charge on any atom is 0.178 e. The third kappa shape index (κ3) is 3.23. The molecule has 2 atom stereocenters. The maximum absolute atomic E-state index is 11.7. The first-order valence-corrected chi connectivity index (χ1v) is 8.83. The highest BCUT2D eigenvalue weighted by Crippen LogP contribution is 2.42. The van der Waals surface area contributed by atoms with Crippen molar-refractivity contribution in [2.24, 2.45) is 0 Å². The molecular formula is C19H21BrN2O2. The Morgan fingerprint density at radius 2 is 2.12 bits per heavy atom. The molecule has 1 aliphatic heterocycles. The Morgan fingerprint density at radius 1 is 1.42 bits per heavy atom. The number of benzene rings is 1. The van der Waals surface area contributed by atoms with E-state index >= 15 is 0 Å². The van der Waals surface area contributed by atoms with Gasteiger partial charge < -0.3 is 10.1 Å². The number of ketones is 1. The van der Waals surface area contributed by atoms with Crippen LogP contribution in [0.4, 0.5) is 0 Å². The fraction of sp³-hybridized carbons (Fsp3) is 0.368. The largest absolute Gasteiger partial charge is 0.489 e. The van der Waals surface area contributed by atoms with Crippen molar-refractivity contribution >= 4 is 21.7 Å². The summed E-state index contributed by atoms with van der Waals surface area (Å²) in [4.78, 5) is 16.0. The number of aromatic nitrogens is 1. The van der Waals surface area contributed by atoms with Gasteiger partial charge in [0.1, 0.15) is 10.3 Å². The van der Waals surface area contributed by atoms with E-state index in [4.69, 9.17) is 4.74 Å². The molecule has 0 bridgehead atoms. The lowest BCUT2D eigenvalue weighted by atomic mass is 9.84. The summed E-state index contributed by atoms with van der Waals surface area (Å²) in [6, 6.07) is 12.5. The summed E-state index contributed by atoms with van der Waals surface area (Å²) in [6.07, 6.45) is 0. The van der Waals surface area contributed by atoms with Gasteiger partial charge in [-0.15, -0.1) is 0 Å². The first-order chi connectivity index (χ1) is 11.4. The molecule has 1 N–H and O–H groups in total. The van der Waals surface area contributed by atoms with Crippen LogP contribution in [0.25, 0.3) is 0 Å². The van der Waals surface area contributed by atoms with Gasteiger partial charge in [-0.1, -0.05) is 37.3 Å². The summed E-state index contributed by atoms with van der Waals surface area (Å²) in [5, 5.41) is 3.59. The minimum Gasteiger partial charge on any atom is -0.489 e. The van der Waals surface area contributed by atoms with E-state index in [0.29, 0.717) is 16.9 Å². The fourth-order valence-corrected chi connectivity index (χ4v) is 3.48. The van der Waals surface area contributed by atoms with Crippen LogP contribution in [-0.2, 0) is 5.41 Å². The molecule has 2 aromatic rings. The average molecular weight is 389 g/mol. The van der Waals surface area contributed by atoms with Crippen LogP contribution >= 0.6 is 15.9 Å². The van der Waals surface area contributed by atoms with E-state index in [1.165, 1.54) is 12.5 Å². The van der Waals surface area contributed by atoms with Gasteiger partial charge in [0.15, 0.2) is 11.5 Å². The van der Waals surface area contributed by atoms with E-state index in [9.17, 15) is 4.79 Å². The molecule has 0 spiro atoms. The number of carbonyl (C=O) groups excluding carboxylic acids is 1. The lowest BCUT2D eigenvalue weighted by Gasteiger charge is -2.26. The number of ether oxygens (including phenoxy) is 1. The van der Waals surface area contributed by atoms with Crippen molar-refractivity contribution < 1.29 is 9.53 Å². The molecule has 1 aliphatic rings. The highest BCUT2D eigenvalue weighted by molar-refractivity contribution is 9.10. The lowest BCUT2D eigenvalue weighted by Crippen LogP contribution is -2.38. The number of pyridine rings is 1. The fourth-order valence-electron chi connectivity index (χ4n) is 2.96. The number of nitrogens with one attached hydrogen (secondary N) is 1. The zero-order valence-corrected chi connectivity index (χ0v) is 15.7. The first-order valence-electron chi connectivity index (χ1n) is 8.04. The Bertz CT molecular complexity index is 763. The number of rotatable bonds is 5. The van der Waals surface area contributed by atoms with Gasteiger partial charge in [0.2, 0.25) is 0 Å². The average Bonchev–Trinajstić information content (AvgIpc) is 2.91. The van der Waals surface area contributed by atoms with Crippen LogP contribution in [0.1, 0.15) is 48.4 Å². The minimum absolute atomic E-state index is 0.0432. The molecule has 4 nitrogen and oxygen atoms in total. The Labute approximate surface area is 150 Å². The third-order valence-corrected chi connectivity index (χ3v) is 5.11. The standard InChI is InChI=1S/C19H21BrN2O2/c1-12(14-7-5-4-6-8-14)21-10-19(3)11-24-17-15(19)9-16(13(2)23)22-18(17)20/h4-9,12,21H,10-11H2,1-3H3/t12-,19-/m0/s1. The van der Waals surface area contributed by atoms with E-state index in [1.807, 2.05) is 24.3 Å². The lowest BCUT2D eigenvalue weighted by molar-refractivity contribution is 0.101. The Morgan fingerprint density at radius 3 is 2.79 bits per heavy atom. The van der Waals surface area contributed by atoms with Gasteiger partial charge in [0, 0.05) is 30.5 Å². The van der Waals surface area contributed by atoms with Gasteiger partial charge in [-0.3, -0.25) is 4.79 Å². The van der Waals surface area contributed by atoms with Crippen molar-refractivity contribution in [3.8, 4) is 5.75 Å². The SMILES string of the molecule is CC(=O)c1cc2c(c(Br)n1)OC[C@]2(C)CN[C@@H](C)c1ccccc1. The van der Waals surface area contributed by atoms with Crippen LogP contribution in [0, 0.1) is 0 Å². The second kappa shape index (κ2) is 6.65. The zero-order chi connectivity index (χ0) is 17.3. The van der Waals surface area contributed by atoms with Gasteiger partial charge in [-0.2, -0.15) is 0 Å². The summed E-state index contributed by atoms with van der Waals surface area (Å²) >= 11 is 3.43. The maximum atomic E-state index is 11.7.